The highest BCUT2D eigenvalue weighted by molar-refractivity contribution is 5.87. The summed E-state index contributed by atoms with van der Waals surface area (Å²) in [6.45, 7) is 11.1. The molecule has 3 aliphatic heterocycles. The van der Waals surface area contributed by atoms with E-state index >= 15 is 0 Å². The number of carboxylic acid groups (broad SMARTS) is 1. The minimum absolute atomic E-state index is 0.120. The van der Waals surface area contributed by atoms with Gasteiger partial charge in [-0.05, 0) is 46.6 Å². The zero-order valence-corrected chi connectivity index (χ0v) is 21.1. The molecule has 4 N–H and O–H groups in total. The smallest absolute Gasteiger partial charge is 0.410 e. The molecule has 0 aromatic rings. The average Bonchev–Trinajstić information content (AvgIpc) is 3.13. The number of piperidine rings is 1. The number of rotatable bonds is 8. The van der Waals surface area contributed by atoms with E-state index in [1.54, 1.807) is 25.7 Å². The van der Waals surface area contributed by atoms with Gasteiger partial charge in [0.25, 0.3) is 0 Å². The van der Waals surface area contributed by atoms with E-state index in [-0.39, 0.29) is 30.5 Å². The van der Waals surface area contributed by atoms with Gasteiger partial charge in [0.1, 0.15) is 17.5 Å². The molecule has 0 aromatic carbocycles. The molecule has 12 heteroatoms. The Balaban J connectivity index is 1.48. The van der Waals surface area contributed by atoms with Gasteiger partial charge >= 0.3 is 18.2 Å². The first-order valence-electron chi connectivity index (χ1n) is 12.4. The van der Waals surface area contributed by atoms with Crippen molar-refractivity contribution in [2.45, 2.75) is 70.2 Å². The Hall–Kier alpha value is -2.60. The number of nitrogens with two attached hydrogens (primary N) is 1. The van der Waals surface area contributed by atoms with Crippen LogP contribution in [0.25, 0.3) is 0 Å². The van der Waals surface area contributed by atoms with E-state index in [0.29, 0.717) is 38.9 Å². The zero-order valence-electron chi connectivity index (χ0n) is 21.1. The molecule has 2 amide bonds. The van der Waals surface area contributed by atoms with Crippen LogP contribution in [0.3, 0.4) is 0 Å². The Kier molecular flexibility index (Phi) is 8.81. The number of carbonyl (C=O) groups is 3. The molecule has 3 atom stereocenters. The van der Waals surface area contributed by atoms with Gasteiger partial charge in [-0.3, -0.25) is 20.0 Å². The molecule has 3 rings (SSSR count). The van der Waals surface area contributed by atoms with E-state index in [1.165, 1.54) is 4.90 Å². The summed E-state index contributed by atoms with van der Waals surface area (Å²) >= 11 is 0. The van der Waals surface area contributed by atoms with Crippen molar-refractivity contribution in [2.75, 3.05) is 52.4 Å². The molecule has 0 spiro atoms. The van der Waals surface area contributed by atoms with Gasteiger partial charge in [0.15, 0.2) is 0 Å². The van der Waals surface area contributed by atoms with E-state index in [2.05, 4.69) is 9.80 Å². The molecule has 3 heterocycles. The van der Waals surface area contributed by atoms with Crippen LogP contribution in [0.1, 0.15) is 46.5 Å². The van der Waals surface area contributed by atoms with Crippen LogP contribution >= 0.6 is 0 Å². The second-order valence-electron chi connectivity index (χ2n) is 10.6. The minimum atomic E-state index is -0.763. The summed E-state index contributed by atoms with van der Waals surface area (Å²) in [4.78, 5) is 43.7. The molecule has 0 aromatic heterocycles. The number of amidine groups is 1. The third kappa shape index (κ3) is 7.69. The number of nitrogens with one attached hydrogen (secondary N) is 1. The van der Waals surface area contributed by atoms with Crippen molar-refractivity contribution in [2.24, 2.45) is 5.73 Å². The van der Waals surface area contributed by atoms with Gasteiger partial charge in [-0.25, -0.2) is 9.59 Å². The fourth-order valence-corrected chi connectivity index (χ4v) is 4.94. The molecule has 0 aliphatic carbocycles. The molecule has 0 saturated carbocycles. The maximum atomic E-state index is 12.7. The molecule has 3 saturated heterocycles. The summed E-state index contributed by atoms with van der Waals surface area (Å²) in [6.07, 6.45) is 0.695. The molecule has 3 unspecified atom stereocenters. The first-order chi connectivity index (χ1) is 16.4. The Morgan fingerprint density at radius 3 is 2.43 bits per heavy atom. The lowest BCUT2D eigenvalue weighted by molar-refractivity contribution is -0.137. The van der Waals surface area contributed by atoms with Crippen LogP contribution in [0.4, 0.5) is 9.59 Å². The van der Waals surface area contributed by atoms with Gasteiger partial charge in [0.05, 0.1) is 12.6 Å². The summed E-state index contributed by atoms with van der Waals surface area (Å²) in [6, 6.07) is -0.782. The fraction of sp³-hybridized carbons (Fsp3) is 0.826. The van der Waals surface area contributed by atoms with Crippen molar-refractivity contribution in [3.05, 3.63) is 0 Å². The van der Waals surface area contributed by atoms with Gasteiger partial charge < -0.3 is 30.1 Å². The second-order valence-corrected chi connectivity index (χ2v) is 10.6. The maximum absolute atomic E-state index is 12.7. The number of cyclic esters (lactones) is 1. The molecule has 12 nitrogen and oxygen atoms in total. The van der Waals surface area contributed by atoms with E-state index in [9.17, 15) is 14.4 Å². The highest BCUT2D eigenvalue weighted by atomic mass is 16.6. The zero-order chi connectivity index (χ0) is 25.8. The first kappa shape index (κ1) is 27.0. The number of nitrogens with zero attached hydrogens (tertiary/aromatic N) is 4. The Morgan fingerprint density at radius 1 is 1.17 bits per heavy atom. The van der Waals surface area contributed by atoms with Gasteiger partial charge in [-0.15, -0.1) is 0 Å². The third-order valence-electron chi connectivity index (χ3n) is 6.70. The summed E-state index contributed by atoms with van der Waals surface area (Å²) in [5.41, 5.74) is 5.17. The number of carbonyl (C=O) groups excluding carboxylic acids is 2. The van der Waals surface area contributed by atoms with E-state index in [4.69, 9.17) is 25.7 Å². The summed E-state index contributed by atoms with van der Waals surface area (Å²) < 4.78 is 11.1. The van der Waals surface area contributed by atoms with Gasteiger partial charge in [0.2, 0.25) is 0 Å². The van der Waals surface area contributed by atoms with E-state index < -0.39 is 23.7 Å². The Labute approximate surface area is 206 Å². The number of carboxylic acids is 1. The predicted molar refractivity (Wildman–Crippen MR) is 128 cm³/mol. The number of piperazine rings is 1. The minimum Gasteiger partial charge on any atom is -0.481 e. The van der Waals surface area contributed by atoms with Crippen LogP contribution < -0.4 is 5.73 Å². The van der Waals surface area contributed by atoms with Crippen molar-refractivity contribution in [1.82, 2.24) is 19.6 Å². The van der Waals surface area contributed by atoms with Crippen LogP contribution in [-0.2, 0) is 14.3 Å². The van der Waals surface area contributed by atoms with Crippen molar-refractivity contribution in [3.63, 3.8) is 0 Å². The van der Waals surface area contributed by atoms with Crippen molar-refractivity contribution >= 4 is 24.0 Å². The van der Waals surface area contributed by atoms with Gasteiger partial charge in [-0.2, -0.15) is 0 Å². The number of ether oxygens (including phenoxy) is 2. The molecule has 35 heavy (non-hydrogen) atoms. The Bertz CT molecular complexity index is 794. The molecule has 0 bridgehead atoms. The highest BCUT2D eigenvalue weighted by Gasteiger charge is 2.43. The van der Waals surface area contributed by atoms with Crippen molar-refractivity contribution in [3.8, 4) is 0 Å². The molecular weight excluding hydrogens is 456 g/mol. The number of hydrogen-bond donors (Lipinski definition) is 3. The Morgan fingerprint density at radius 2 is 1.83 bits per heavy atom. The average molecular weight is 497 g/mol. The van der Waals surface area contributed by atoms with Crippen molar-refractivity contribution < 1.29 is 29.0 Å². The third-order valence-corrected chi connectivity index (χ3v) is 6.70. The number of amides is 2. The lowest BCUT2D eigenvalue weighted by Gasteiger charge is -2.41. The van der Waals surface area contributed by atoms with Crippen LogP contribution in [0, 0.1) is 5.41 Å². The number of aliphatic carboxylic acids is 1. The van der Waals surface area contributed by atoms with E-state index in [1.807, 2.05) is 0 Å². The summed E-state index contributed by atoms with van der Waals surface area (Å²) in [7, 11) is 0. The van der Waals surface area contributed by atoms with E-state index in [0.717, 1.165) is 32.7 Å². The molecule has 3 aliphatic rings. The fourth-order valence-electron chi connectivity index (χ4n) is 4.94. The predicted octanol–water partition coefficient (Wildman–Crippen LogP) is 0.994. The normalized spacial score (nSPS) is 26.5. The molecular formula is C23H40N6O6. The number of likely N-dealkylation sites (tertiary alicyclic amines) is 1. The molecule has 198 valence electrons. The summed E-state index contributed by atoms with van der Waals surface area (Å²) in [5.74, 6) is -0.882. The second kappa shape index (κ2) is 11.4. The van der Waals surface area contributed by atoms with Crippen LogP contribution in [-0.4, -0.2) is 125 Å². The number of hydrogen-bond acceptors (Lipinski definition) is 8. The summed E-state index contributed by atoms with van der Waals surface area (Å²) in [5, 5.41) is 16.8. The SMILES string of the molecule is CC(C)(C)OC(=O)N1CCC(N2CC(CN3CCN(CCCC(=O)O)CC3)OC2=O)CC1C(=N)N. The highest BCUT2D eigenvalue weighted by Crippen LogP contribution is 2.27. The lowest BCUT2D eigenvalue weighted by Crippen LogP contribution is -2.57. The molecule has 0 radical (unpaired) electrons. The maximum Gasteiger partial charge on any atom is 0.410 e. The monoisotopic (exact) mass is 496 g/mol. The quantitative estimate of drug-likeness (QED) is 0.330. The lowest BCUT2D eigenvalue weighted by atomic mass is 9.95. The van der Waals surface area contributed by atoms with Crippen LogP contribution in [0.15, 0.2) is 0 Å². The van der Waals surface area contributed by atoms with Gasteiger partial charge in [-0.1, -0.05) is 0 Å². The first-order valence-corrected chi connectivity index (χ1v) is 12.4. The van der Waals surface area contributed by atoms with Gasteiger partial charge in [0, 0.05) is 51.7 Å². The standard InChI is InChI=1S/C23H40N6O6/c1-23(2,3)35-22(33)28-8-6-16(13-18(28)20(24)25)29-15-17(34-21(29)32)14-27-11-9-26(10-12-27)7-4-5-19(30)31/h16-18H,4-15H2,1-3H3,(H3,24,25)(H,30,31). The molecule has 3 fully saturated rings. The van der Waals surface area contributed by atoms with Crippen LogP contribution in [0.2, 0.25) is 0 Å². The largest absolute Gasteiger partial charge is 0.481 e. The van der Waals surface area contributed by atoms with Crippen molar-refractivity contribution in [1.29, 1.82) is 5.41 Å². The topological polar surface area (TPSA) is 153 Å². The van der Waals surface area contributed by atoms with Crippen LogP contribution in [0.5, 0.6) is 0 Å².